The van der Waals surface area contributed by atoms with Crippen LogP contribution in [0.1, 0.15) is 20.8 Å². The van der Waals surface area contributed by atoms with Crippen LogP contribution in [0, 0.1) is 0 Å². The summed E-state index contributed by atoms with van der Waals surface area (Å²) in [4.78, 5) is 3.82. The molecule has 0 aliphatic carbocycles. The van der Waals surface area contributed by atoms with Gasteiger partial charge in [-0.3, -0.25) is 4.11 Å². The van der Waals surface area contributed by atoms with Crippen molar-refractivity contribution in [2.24, 2.45) is 0 Å². The minimum Gasteiger partial charge on any atom is -0.328 e. The van der Waals surface area contributed by atoms with Crippen molar-refractivity contribution < 1.29 is 4.11 Å². The summed E-state index contributed by atoms with van der Waals surface area (Å²) in [6.45, 7) is 21.4. The third-order valence-electron chi connectivity index (χ3n) is 3.55. The van der Waals surface area contributed by atoms with Crippen LogP contribution in [0.25, 0.3) is 0 Å². The Hall–Kier alpha value is -0.479. The second kappa shape index (κ2) is 7.03. The molecule has 1 aromatic rings. The van der Waals surface area contributed by atoms with Crippen LogP contribution in [0.2, 0.25) is 45.8 Å². The van der Waals surface area contributed by atoms with Gasteiger partial charge in [0, 0.05) is 11.2 Å². The van der Waals surface area contributed by atoms with E-state index in [2.05, 4.69) is 79.6 Å². The van der Waals surface area contributed by atoms with E-state index in [0.717, 1.165) is 5.69 Å². The van der Waals surface area contributed by atoms with Gasteiger partial charge in [0.25, 0.3) is 0 Å². The smallest absolute Gasteiger partial charge is 0.326 e. The standard InChI is InChI=1S/C17H36FN3Si3/c1-17(2,3)19-24(9,10)20(16-14-12-11-13-15-16)21(22(4,5)6)23(7,8)18/h11-15,19H,1-10H3. The Morgan fingerprint density at radius 1 is 0.875 bits per heavy atom. The van der Waals surface area contributed by atoms with Crippen molar-refractivity contribution in [2.75, 3.05) is 4.67 Å². The quantitative estimate of drug-likeness (QED) is 0.407. The van der Waals surface area contributed by atoms with Gasteiger partial charge in [0.2, 0.25) is 8.40 Å². The lowest BCUT2D eigenvalue weighted by molar-refractivity contribution is 0.489. The number of hydrazine groups is 1. The molecule has 24 heavy (non-hydrogen) atoms. The number of para-hydroxylation sites is 1. The summed E-state index contributed by atoms with van der Waals surface area (Å²) >= 11 is 0. The Morgan fingerprint density at radius 3 is 1.67 bits per heavy atom. The summed E-state index contributed by atoms with van der Waals surface area (Å²) in [6, 6.07) is 10.3. The van der Waals surface area contributed by atoms with Crippen LogP contribution in [-0.2, 0) is 0 Å². The van der Waals surface area contributed by atoms with Gasteiger partial charge >= 0.3 is 8.57 Å². The molecule has 0 spiro atoms. The maximum Gasteiger partial charge on any atom is 0.326 e. The Bertz CT molecular complexity index is 517. The number of halogens is 1. The third kappa shape index (κ3) is 5.80. The Balaban J connectivity index is 3.54. The van der Waals surface area contributed by atoms with E-state index >= 15 is 4.11 Å². The molecule has 0 heterocycles. The molecular weight excluding hydrogens is 349 g/mol. The molecule has 0 aliphatic rings. The molecular formula is C17H36FN3Si3. The fraction of sp³-hybridized carbons (Fsp3) is 0.647. The molecule has 0 saturated heterocycles. The van der Waals surface area contributed by atoms with Crippen molar-refractivity contribution in [3.63, 3.8) is 0 Å². The monoisotopic (exact) mass is 385 g/mol. The molecule has 0 radical (unpaired) electrons. The number of rotatable bonds is 6. The molecule has 0 aliphatic heterocycles. The highest BCUT2D eigenvalue weighted by Crippen LogP contribution is 2.32. The number of anilines is 1. The van der Waals surface area contributed by atoms with Gasteiger partial charge in [0.15, 0.2) is 0 Å². The van der Waals surface area contributed by atoms with Crippen LogP contribution >= 0.6 is 0 Å². The molecule has 0 aromatic heterocycles. The maximum atomic E-state index is 15.5. The molecule has 0 atom stereocenters. The molecule has 0 bridgehead atoms. The molecule has 0 saturated carbocycles. The lowest BCUT2D eigenvalue weighted by atomic mass is 10.1. The van der Waals surface area contributed by atoms with E-state index in [0.29, 0.717) is 0 Å². The van der Waals surface area contributed by atoms with E-state index in [4.69, 9.17) is 0 Å². The highest BCUT2D eigenvalue weighted by molar-refractivity contribution is 6.90. The van der Waals surface area contributed by atoms with Gasteiger partial charge in [-0.2, -0.15) is 0 Å². The summed E-state index contributed by atoms with van der Waals surface area (Å²) in [7, 11) is -7.10. The average molecular weight is 386 g/mol. The van der Waals surface area contributed by atoms with Crippen molar-refractivity contribution in [1.82, 2.24) is 9.32 Å². The Kier molecular flexibility index (Phi) is 6.32. The zero-order chi connectivity index (χ0) is 19.0. The van der Waals surface area contributed by atoms with Crippen molar-refractivity contribution in [2.45, 2.75) is 72.1 Å². The summed E-state index contributed by atoms with van der Waals surface area (Å²) in [5.74, 6) is 0. The summed E-state index contributed by atoms with van der Waals surface area (Å²) in [6.07, 6.45) is 0. The summed E-state index contributed by atoms with van der Waals surface area (Å²) in [5, 5.41) is 0. The summed E-state index contributed by atoms with van der Waals surface area (Å²) in [5.41, 5.74) is 1.07. The summed E-state index contributed by atoms with van der Waals surface area (Å²) < 4.78 is 20.0. The second-order valence-electron chi connectivity index (χ2n) is 9.47. The van der Waals surface area contributed by atoms with Gasteiger partial charge in [0.1, 0.15) is 8.24 Å². The van der Waals surface area contributed by atoms with Crippen molar-refractivity contribution >= 4 is 30.9 Å². The molecule has 0 amide bonds. The maximum absolute atomic E-state index is 15.5. The lowest BCUT2D eigenvalue weighted by Crippen LogP contribution is -2.77. The van der Waals surface area contributed by atoms with Gasteiger partial charge in [-0.15, -0.1) is 0 Å². The fourth-order valence-corrected chi connectivity index (χ4v) is 17.6. The van der Waals surface area contributed by atoms with E-state index in [-0.39, 0.29) is 5.54 Å². The van der Waals surface area contributed by atoms with Crippen LogP contribution < -0.4 is 9.66 Å². The first kappa shape index (κ1) is 21.6. The van der Waals surface area contributed by atoms with E-state index < -0.39 is 25.2 Å². The Morgan fingerprint density at radius 2 is 1.33 bits per heavy atom. The topological polar surface area (TPSA) is 18.5 Å². The molecule has 3 nitrogen and oxygen atoms in total. The number of hydrogen-bond acceptors (Lipinski definition) is 3. The predicted molar refractivity (Wildman–Crippen MR) is 113 cm³/mol. The highest BCUT2D eigenvalue weighted by Gasteiger charge is 2.49. The van der Waals surface area contributed by atoms with Crippen LogP contribution in [0.4, 0.5) is 9.80 Å². The second-order valence-corrected chi connectivity index (χ2v) is 21.7. The minimum atomic E-state index is -3.04. The van der Waals surface area contributed by atoms with Gasteiger partial charge in [-0.1, -0.05) is 37.8 Å². The first-order valence-corrected chi connectivity index (χ1v) is 17.9. The largest absolute Gasteiger partial charge is 0.328 e. The van der Waals surface area contributed by atoms with Crippen LogP contribution in [0.5, 0.6) is 0 Å². The Labute approximate surface area is 151 Å². The number of nitrogens with zero attached hydrogens (tertiary/aromatic N) is 2. The molecule has 1 aromatic carbocycles. The predicted octanol–water partition coefficient (Wildman–Crippen LogP) is 5.31. The zero-order valence-electron chi connectivity index (χ0n) is 17.2. The van der Waals surface area contributed by atoms with E-state index in [1.54, 1.807) is 0 Å². The van der Waals surface area contributed by atoms with Crippen LogP contribution in [0.15, 0.2) is 30.3 Å². The van der Waals surface area contributed by atoms with Gasteiger partial charge < -0.3 is 9.66 Å². The fourth-order valence-electron chi connectivity index (χ4n) is 3.56. The van der Waals surface area contributed by atoms with E-state index in [9.17, 15) is 0 Å². The van der Waals surface area contributed by atoms with Crippen LogP contribution in [0.3, 0.4) is 0 Å². The van der Waals surface area contributed by atoms with E-state index in [1.807, 2.05) is 31.3 Å². The zero-order valence-corrected chi connectivity index (χ0v) is 20.2. The normalized spacial score (nSPS) is 14.2. The molecule has 0 unspecified atom stereocenters. The van der Waals surface area contributed by atoms with Crippen molar-refractivity contribution in [3.8, 4) is 0 Å². The first-order chi connectivity index (χ1) is 10.6. The number of nitrogens with one attached hydrogen (secondary N) is 1. The minimum absolute atomic E-state index is 0.0180. The molecule has 1 N–H and O–H groups in total. The average Bonchev–Trinajstić information content (AvgIpc) is 2.30. The van der Waals surface area contributed by atoms with Crippen molar-refractivity contribution in [3.05, 3.63) is 30.3 Å². The molecule has 7 heteroatoms. The number of benzene rings is 1. The first-order valence-electron chi connectivity index (χ1n) is 8.69. The van der Waals surface area contributed by atoms with Crippen LogP contribution in [-0.4, -0.2) is 35.1 Å². The number of hydrogen-bond donors (Lipinski definition) is 1. The van der Waals surface area contributed by atoms with Crippen molar-refractivity contribution in [1.29, 1.82) is 0 Å². The van der Waals surface area contributed by atoms with Gasteiger partial charge in [-0.05, 0) is 59.1 Å². The lowest BCUT2D eigenvalue weighted by Gasteiger charge is -2.55. The van der Waals surface area contributed by atoms with E-state index in [1.165, 1.54) is 0 Å². The van der Waals surface area contributed by atoms with Gasteiger partial charge in [0.05, 0.1) is 0 Å². The van der Waals surface area contributed by atoms with Gasteiger partial charge in [-0.25, -0.2) is 4.34 Å². The highest BCUT2D eigenvalue weighted by atomic mass is 28.4. The third-order valence-corrected chi connectivity index (χ3v) is 13.1. The molecule has 138 valence electrons. The molecule has 1 rings (SSSR count). The molecule has 0 fully saturated rings. The SMILES string of the molecule is CC(C)(C)N[Si](C)(C)N(c1ccccc1)N([Si](C)(C)C)[Si](C)(C)F.